The first-order chi connectivity index (χ1) is 16.5. The average Bonchev–Trinajstić information content (AvgIpc) is 2.81. The van der Waals surface area contributed by atoms with Crippen molar-refractivity contribution in [2.24, 2.45) is 10.2 Å². The fourth-order valence-electron chi connectivity index (χ4n) is 3.38. The van der Waals surface area contributed by atoms with Crippen molar-refractivity contribution in [2.75, 3.05) is 5.73 Å². The summed E-state index contributed by atoms with van der Waals surface area (Å²) in [5.41, 5.74) is 7.75. The van der Waals surface area contributed by atoms with Crippen molar-refractivity contribution in [1.29, 1.82) is 0 Å². The van der Waals surface area contributed by atoms with E-state index in [4.69, 9.17) is 5.73 Å². The molecule has 0 bridgehead atoms. The van der Waals surface area contributed by atoms with Crippen LogP contribution in [0.3, 0.4) is 0 Å². The minimum Gasteiger partial charge on any atom is -0.397 e. The van der Waals surface area contributed by atoms with E-state index >= 15 is 0 Å². The number of hydrogen-bond donors (Lipinski definition) is 3. The Morgan fingerprint density at radius 1 is 0.743 bits per heavy atom. The van der Waals surface area contributed by atoms with Crippen LogP contribution in [0.4, 0.5) is 17.1 Å². The minimum absolute atomic E-state index is 0.139. The number of fused-ring (bicyclic) bond motifs is 1. The van der Waals surface area contributed by atoms with Crippen molar-refractivity contribution in [1.82, 2.24) is 0 Å². The molecule has 0 unspecified atom stereocenters. The molecular weight excluding hydrogens is 490 g/mol. The second-order valence-electron chi connectivity index (χ2n) is 7.50. The van der Waals surface area contributed by atoms with Crippen LogP contribution in [0, 0.1) is 0 Å². The summed E-state index contributed by atoms with van der Waals surface area (Å²) in [7, 11) is -8.95. The number of anilines is 1. The Hall–Kier alpha value is -3.90. The van der Waals surface area contributed by atoms with E-state index in [2.05, 4.69) is 10.2 Å². The summed E-state index contributed by atoms with van der Waals surface area (Å²) in [6, 6.07) is 20.4. The molecule has 0 heterocycles. The van der Waals surface area contributed by atoms with E-state index in [0.29, 0.717) is 10.8 Å². The van der Waals surface area contributed by atoms with Crippen LogP contribution < -0.4 is 5.73 Å². The van der Waals surface area contributed by atoms with Gasteiger partial charge in [0, 0.05) is 5.39 Å². The van der Waals surface area contributed by atoms with E-state index in [9.17, 15) is 25.9 Å². The second-order valence-corrected chi connectivity index (χ2v) is 10.3. The SMILES string of the molecule is Nc1ccc2cc(S(=O)(=O)O)ccc2c1N=Nc1ccc(/C=C/c2ccccc2)c(S(=O)(=O)O)c1. The molecule has 4 rings (SSSR count). The van der Waals surface area contributed by atoms with Gasteiger partial charge in [-0.25, -0.2) is 0 Å². The van der Waals surface area contributed by atoms with Crippen molar-refractivity contribution in [2.45, 2.75) is 9.79 Å². The van der Waals surface area contributed by atoms with E-state index in [1.807, 2.05) is 30.3 Å². The Kier molecular flexibility index (Phi) is 6.50. The van der Waals surface area contributed by atoms with Crippen LogP contribution in [0.25, 0.3) is 22.9 Å². The lowest BCUT2D eigenvalue weighted by Gasteiger charge is -2.07. The van der Waals surface area contributed by atoms with Crippen molar-refractivity contribution in [3.8, 4) is 0 Å². The van der Waals surface area contributed by atoms with Crippen molar-refractivity contribution in [3.05, 3.63) is 90.0 Å². The fourth-order valence-corrected chi connectivity index (χ4v) is 4.60. The number of rotatable bonds is 6. The monoisotopic (exact) mass is 509 g/mol. The molecule has 11 heteroatoms. The first kappa shape index (κ1) is 24.2. The minimum atomic E-state index is -4.56. The van der Waals surface area contributed by atoms with Crippen molar-refractivity contribution >= 4 is 60.2 Å². The van der Waals surface area contributed by atoms with Crippen LogP contribution >= 0.6 is 0 Å². The number of benzene rings is 4. The van der Waals surface area contributed by atoms with Gasteiger partial charge in [-0.3, -0.25) is 9.11 Å². The highest BCUT2D eigenvalue weighted by Gasteiger charge is 2.16. The van der Waals surface area contributed by atoms with Crippen molar-refractivity contribution < 1.29 is 25.9 Å². The predicted octanol–water partition coefficient (Wildman–Crippen LogP) is 5.50. The van der Waals surface area contributed by atoms with Crippen molar-refractivity contribution in [3.63, 3.8) is 0 Å². The van der Waals surface area contributed by atoms with Gasteiger partial charge in [0.2, 0.25) is 0 Å². The van der Waals surface area contributed by atoms with Gasteiger partial charge in [0.15, 0.2) is 0 Å². The zero-order valence-corrected chi connectivity index (χ0v) is 19.6. The quantitative estimate of drug-likeness (QED) is 0.134. The molecule has 0 spiro atoms. The molecule has 4 aromatic rings. The van der Waals surface area contributed by atoms with Crippen LogP contribution in [-0.4, -0.2) is 25.9 Å². The van der Waals surface area contributed by atoms with E-state index in [1.165, 1.54) is 42.5 Å². The molecular formula is C24H19N3O6S2. The lowest BCUT2D eigenvalue weighted by atomic mass is 10.1. The molecule has 0 atom stereocenters. The summed E-state index contributed by atoms with van der Waals surface area (Å²) >= 11 is 0. The van der Waals surface area contributed by atoms with Crippen LogP contribution in [0.2, 0.25) is 0 Å². The Morgan fingerprint density at radius 2 is 1.49 bits per heavy atom. The highest BCUT2D eigenvalue weighted by Crippen LogP contribution is 2.35. The largest absolute Gasteiger partial charge is 0.397 e. The second kappa shape index (κ2) is 9.39. The molecule has 0 fully saturated rings. The summed E-state index contributed by atoms with van der Waals surface area (Å²) in [5, 5.41) is 9.12. The third kappa shape index (κ3) is 5.61. The number of hydrogen-bond acceptors (Lipinski definition) is 7. The topological polar surface area (TPSA) is 159 Å². The Morgan fingerprint density at radius 3 is 2.17 bits per heavy atom. The number of azo groups is 1. The maximum Gasteiger partial charge on any atom is 0.295 e. The van der Waals surface area contributed by atoms with E-state index in [1.54, 1.807) is 18.2 Å². The molecule has 0 saturated heterocycles. The van der Waals surface area contributed by atoms with Crippen LogP contribution in [0.1, 0.15) is 11.1 Å². The number of nitrogens with two attached hydrogens (primary N) is 1. The maximum atomic E-state index is 12.0. The zero-order valence-electron chi connectivity index (χ0n) is 18.0. The smallest absolute Gasteiger partial charge is 0.295 e. The highest BCUT2D eigenvalue weighted by atomic mass is 32.2. The van der Waals surface area contributed by atoms with E-state index in [0.717, 1.165) is 5.56 Å². The number of nitrogen functional groups attached to an aromatic ring is 1. The Bertz CT molecular complexity index is 1700. The summed E-state index contributed by atoms with van der Waals surface area (Å²) in [4.78, 5) is -0.626. The first-order valence-electron chi connectivity index (χ1n) is 10.1. The third-order valence-corrected chi connectivity index (χ3v) is 6.85. The van der Waals surface area contributed by atoms with Gasteiger partial charge >= 0.3 is 0 Å². The summed E-state index contributed by atoms with van der Waals surface area (Å²) in [6.07, 6.45) is 3.28. The first-order valence-corrected chi connectivity index (χ1v) is 13.0. The van der Waals surface area contributed by atoms with E-state index in [-0.39, 0.29) is 32.4 Å². The molecule has 35 heavy (non-hydrogen) atoms. The van der Waals surface area contributed by atoms with Gasteiger partial charge in [-0.1, -0.05) is 60.7 Å². The maximum absolute atomic E-state index is 12.0. The molecule has 0 aliphatic rings. The molecule has 0 aromatic heterocycles. The normalized spacial score (nSPS) is 12.6. The molecule has 0 saturated carbocycles. The standard InChI is InChI=1S/C24H19N3O6S2/c25-22-13-9-18-14-20(34(28,29)30)11-12-21(18)24(22)27-26-19-10-8-17(23(15-19)35(31,32)33)7-6-16-4-2-1-3-5-16/h1-15H,25H2,(H,28,29,30)(H,31,32,33)/b7-6+,27-26?. The summed E-state index contributed by atoms with van der Waals surface area (Å²) < 4.78 is 65.8. The zero-order chi connectivity index (χ0) is 25.2. The average molecular weight is 510 g/mol. The molecule has 0 aliphatic heterocycles. The van der Waals surface area contributed by atoms with Crippen LogP contribution in [-0.2, 0) is 20.2 Å². The lowest BCUT2D eigenvalue weighted by molar-refractivity contribution is 0.481. The molecule has 0 radical (unpaired) electrons. The molecule has 178 valence electrons. The Balaban J connectivity index is 1.74. The lowest BCUT2D eigenvalue weighted by Crippen LogP contribution is -2.00. The third-order valence-electron chi connectivity index (χ3n) is 5.09. The molecule has 9 nitrogen and oxygen atoms in total. The Labute approximate surface area is 201 Å². The number of nitrogens with zero attached hydrogens (tertiary/aromatic N) is 2. The molecule has 0 amide bonds. The summed E-state index contributed by atoms with van der Waals surface area (Å²) in [5.74, 6) is 0. The van der Waals surface area contributed by atoms with Gasteiger partial charge in [-0.15, -0.1) is 5.11 Å². The fraction of sp³-hybridized carbons (Fsp3) is 0. The van der Waals surface area contributed by atoms with Gasteiger partial charge in [-0.05, 0) is 46.8 Å². The molecule has 4 aromatic carbocycles. The van der Waals surface area contributed by atoms with Crippen LogP contribution in [0.5, 0.6) is 0 Å². The van der Waals surface area contributed by atoms with Gasteiger partial charge in [-0.2, -0.15) is 21.9 Å². The van der Waals surface area contributed by atoms with E-state index < -0.39 is 20.2 Å². The highest BCUT2D eigenvalue weighted by molar-refractivity contribution is 7.86. The summed E-state index contributed by atoms with van der Waals surface area (Å²) in [6.45, 7) is 0. The van der Waals surface area contributed by atoms with Gasteiger partial charge in [0.1, 0.15) is 10.6 Å². The van der Waals surface area contributed by atoms with Crippen LogP contribution in [0.15, 0.2) is 98.9 Å². The molecule has 4 N–H and O–H groups in total. The molecule has 0 aliphatic carbocycles. The van der Waals surface area contributed by atoms with Gasteiger partial charge in [0.05, 0.1) is 16.3 Å². The van der Waals surface area contributed by atoms with Gasteiger partial charge in [0.25, 0.3) is 20.2 Å². The predicted molar refractivity (Wildman–Crippen MR) is 134 cm³/mol. The van der Waals surface area contributed by atoms with Gasteiger partial charge < -0.3 is 5.73 Å².